The Morgan fingerprint density at radius 3 is 2.29 bits per heavy atom. The Labute approximate surface area is 135 Å². The first-order chi connectivity index (χ1) is 9.67. The Balaban J connectivity index is 1.89. The number of halogens is 2. The van der Waals surface area contributed by atoms with E-state index in [1.165, 1.54) is 0 Å². The minimum atomic E-state index is -0.492. The van der Waals surface area contributed by atoms with Crippen molar-refractivity contribution in [3.8, 4) is 0 Å². The zero-order valence-corrected chi connectivity index (χ0v) is 13.9. The van der Waals surface area contributed by atoms with Gasteiger partial charge in [0.05, 0.1) is 5.54 Å². The van der Waals surface area contributed by atoms with Crippen molar-refractivity contribution in [2.45, 2.75) is 44.8 Å². The Morgan fingerprint density at radius 1 is 1.24 bits per heavy atom. The second-order valence-corrected chi connectivity index (χ2v) is 7.29. The molecule has 4 nitrogen and oxygen atoms in total. The molecule has 21 heavy (non-hydrogen) atoms. The third-order valence-electron chi connectivity index (χ3n) is 3.11. The first kappa shape index (κ1) is 16.2. The largest absolute Gasteiger partial charge is 0.444 e. The smallest absolute Gasteiger partial charge is 0.408 e. The SMILES string of the molecule is CC(C)(C)OC(=O)NC1(CNc2cc(Cl)cc(Cl)c2)CC1. The van der Waals surface area contributed by atoms with Crippen LogP contribution in [0.2, 0.25) is 10.0 Å². The topological polar surface area (TPSA) is 50.4 Å². The summed E-state index contributed by atoms with van der Waals surface area (Å²) in [6, 6.07) is 5.29. The molecule has 0 atom stereocenters. The van der Waals surface area contributed by atoms with E-state index in [9.17, 15) is 4.79 Å². The van der Waals surface area contributed by atoms with Crippen molar-refractivity contribution in [3.63, 3.8) is 0 Å². The minimum absolute atomic E-state index is 0.239. The zero-order chi connectivity index (χ0) is 15.7. The molecule has 0 aromatic heterocycles. The summed E-state index contributed by atoms with van der Waals surface area (Å²) in [6.45, 7) is 6.15. The maximum absolute atomic E-state index is 11.8. The van der Waals surface area contributed by atoms with Gasteiger partial charge in [0, 0.05) is 22.3 Å². The summed E-state index contributed by atoms with van der Waals surface area (Å²) in [5.41, 5.74) is 0.107. The molecule has 1 amide bonds. The van der Waals surface area contributed by atoms with Crippen molar-refractivity contribution in [1.82, 2.24) is 5.32 Å². The number of alkyl carbamates (subject to hydrolysis) is 1. The predicted molar refractivity (Wildman–Crippen MR) is 86.3 cm³/mol. The number of hydrogen-bond acceptors (Lipinski definition) is 3. The average Bonchev–Trinajstić information content (AvgIpc) is 3.03. The van der Waals surface area contributed by atoms with E-state index in [4.69, 9.17) is 27.9 Å². The highest BCUT2D eigenvalue weighted by atomic mass is 35.5. The Kier molecular flexibility index (Phi) is 4.59. The lowest BCUT2D eigenvalue weighted by atomic mass is 10.2. The average molecular weight is 331 g/mol. The van der Waals surface area contributed by atoms with Crippen LogP contribution < -0.4 is 10.6 Å². The van der Waals surface area contributed by atoms with Gasteiger partial charge in [0.25, 0.3) is 0 Å². The first-order valence-corrected chi connectivity index (χ1v) is 7.64. The van der Waals surface area contributed by atoms with Gasteiger partial charge in [0.2, 0.25) is 0 Å². The number of carbonyl (C=O) groups excluding carboxylic acids is 1. The van der Waals surface area contributed by atoms with Crippen molar-refractivity contribution in [3.05, 3.63) is 28.2 Å². The molecule has 0 heterocycles. The van der Waals surface area contributed by atoms with E-state index in [0.29, 0.717) is 16.6 Å². The van der Waals surface area contributed by atoms with E-state index < -0.39 is 5.60 Å². The van der Waals surface area contributed by atoms with Crippen LogP contribution in [0, 0.1) is 0 Å². The standard InChI is InChI=1S/C15H20Cl2N2O2/c1-14(2,3)21-13(20)19-15(4-5-15)9-18-12-7-10(16)6-11(17)8-12/h6-8,18H,4-5,9H2,1-3H3,(H,19,20). The molecule has 1 aliphatic carbocycles. The van der Waals surface area contributed by atoms with E-state index in [-0.39, 0.29) is 11.6 Å². The third kappa shape index (κ3) is 5.29. The maximum atomic E-state index is 11.8. The summed E-state index contributed by atoms with van der Waals surface area (Å²) >= 11 is 11.9. The van der Waals surface area contributed by atoms with Crippen LogP contribution in [0.3, 0.4) is 0 Å². The fraction of sp³-hybridized carbons (Fsp3) is 0.533. The molecular weight excluding hydrogens is 311 g/mol. The van der Waals surface area contributed by atoms with Crippen molar-refractivity contribution in [1.29, 1.82) is 0 Å². The highest BCUT2D eigenvalue weighted by Crippen LogP contribution is 2.36. The highest BCUT2D eigenvalue weighted by Gasteiger charge is 2.44. The van der Waals surface area contributed by atoms with E-state index in [0.717, 1.165) is 18.5 Å². The molecule has 1 saturated carbocycles. The molecule has 0 saturated heterocycles. The summed E-state index contributed by atoms with van der Waals surface area (Å²) in [7, 11) is 0. The Bertz CT molecular complexity index is 517. The van der Waals surface area contributed by atoms with Gasteiger partial charge in [-0.2, -0.15) is 0 Å². The number of rotatable bonds is 4. The van der Waals surface area contributed by atoms with Crippen LogP contribution in [0.5, 0.6) is 0 Å². The molecule has 2 rings (SSSR count). The molecule has 0 spiro atoms. The van der Waals surface area contributed by atoms with Gasteiger partial charge in [-0.15, -0.1) is 0 Å². The van der Waals surface area contributed by atoms with Crippen LogP contribution in [0.4, 0.5) is 10.5 Å². The quantitative estimate of drug-likeness (QED) is 0.856. The van der Waals surface area contributed by atoms with Crippen LogP contribution in [0.25, 0.3) is 0 Å². The number of ether oxygens (including phenoxy) is 1. The van der Waals surface area contributed by atoms with Gasteiger partial charge in [0.15, 0.2) is 0 Å². The van der Waals surface area contributed by atoms with Crippen molar-refractivity contribution >= 4 is 35.0 Å². The summed E-state index contributed by atoms with van der Waals surface area (Å²) in [4.78, 5) is 11.8. The summed E-state index contributed by atoms with van der Waals surface area (Å²) in [5.74, 6) is 0. The van der Waals surface area contributed by atoms with Gasteiger partial charge < -0.3 is 15.4 Å². The molecule has 1 aromatic carbocycles. The molecule has 0 bridgehead atoms. The Morgan fingerprint density at radius 2 is 1.81 bits per heavy atom. The molecule has 116 valence electrons. The normalized spacial score (nSPS) is 16.2. The van der Waals surface area contributed by atoms with E-state index in [2.05, 4.69) is 10.6 Å². The number of nitrogens with one attached hydrogen (secondary N) is 2. The lowest BCUT2D eigenvalue weighted by Gasteiger charge is -2.24. The van der Waals surface area contributed by atoms with Crippen LogP contribution in [0.1, 0.15) is 33.6 Å². The van der Waals surface area contributed by atoms with Crippen molar-refractivity contribution in [2.24, 2.45) is 0 Å². The summed E-state index contributed by atoms with van der Waals surface area (Å²) in [6.07, 6.45) is 1.46. The van der Waals surface area contributed by atoms with Crippen LogP contribution in [0.15, 0.2) is 18.2 Å². The van der Waals surface area contributed by atoms with Gasteiger partial charge in [-0.3, -0.25) is 0 Å². The third-order valence-corrected chi connectivity index (χ3v) is 3.55. The molecule has 0 radical (unpaired) electrons. The molecule has 2 N–H and O–H groups in total. The van der Waals surface area contributed by atoms with Gasteiger partial charge in [-0.25, -0.2) is 4.79 Å². The minimum Gasteiger partial charge on any atom is -0.444 e. The summed E-state index contributed by atoms with van der Waals surface area (Å²) < 4.78 is 5.28. The number of amides is 1. The number of hydrogen-bond donors (Lipinski definition) is 2. The molecular formula is C15H20Cl2N2O2. The summed E-state index contributed by atoms with van der Waals surface area (Å²) in [5, 5.41) is 7.35. The molecule has 0 aliphatic heterocycles. The fourth-order valence-corrected chi connectivity index (χ4v) is 2.47. The zero-order valence-electron chi connectivity index (χ0n) is 12.4. The number of carbonyl (C=O) groups is 1. The molecule has 1 fully saturated rings. The van der Waals surface area contributed by atoms with E-state index in [1.54, 1.807) is 18.2 Å². The van der Waals surface area contributed by atoms with Crippen LogP contribution >= 0.6 is 23.2 Å². The maximum Gasteiger partial charge on any atom is 0.408 e. The molecule has 6 heteroatoms. The van der Waals surface area contributed by atoms with Gasteiger partial charge in [-0.05, 0) is 51.8 Å². The highest BCUT2D eigenvalue weighted by molar-refractivity contribution is 6.35. The Hall–Kier alpha value is -1.13. The number of anilines is 1. The lowest BCUT2D eigenvalue weighted by molar-refractivity contribution is 0.0500. The molecule has 0 unspecified atom stereocenters. The van der Waals surface area contributed by atoms with Crippen molar-refractivity contribution in [2.75, 3.05) is 11.9 Å². The van der Waals surface area contributed by atoms with E-state index in [1.807, 2.05) is 20.8 Å². The second-order valence-electron chi connectivity index (χ2n) is 6.42. The van der Waals surface area contributed by atoms with Crippen LogP contribution in [-0.4, -0.2) is 23.8 Å². The van der Waals surface area contributed by atoms with Gasteiger partial charge >= 0.3 is 6.09 Å². The number of benzene rings is 1. The van der Waals surface area contributed by atoms with Crippen molar-refractivity contribution < 1.29 is 9.53 Å². The molecule has 1 aromatic rings. The van der Waals surface area contributed by atoms with Crippen LogP contribution in [-0.2, 0) is 4.74 Å². The monoisotopic (exact) mass is 330 g/mol. The molecule has 1 aliphatic rings. The predicted octanol–water partition coefficient (Wildman–Crippen LogP) is 4.46. The van der Waals surface area contributed by atoms with E-state index >= 15 is 0 Å². The van der Waals surface area contributed by atoms with Gasteiger partial charge in [-0.1, -0.05) is 23.2 Å². The fourth-order valence-electron chi connectivity index (χ4n) is 1.94. The first-order valence-electron chi connectivity index (χ1n) is 6.89. The second kappa shape index (κ2) is 5.93. The van der Waals surface area contributed by atoms with Gasteiger partial charge in [0.1, 0.15) is 5.60 Å². The lowest BCUT2D eigenvalue weighted by Crippen LogP contribution is -2.44.